The summed E-state index contributed by atoms with van der Waals surface area (Å²) in [4.78, 5) is 22.8. The van der Waals surface area contributed by atoms with Crippen molar-refractivity contribution in [2.75, 3.05) is 43.6 Å². The Morgan fingerprint density at radius 1 is 1.29 bits per heavy atom. The number of ether oxygens (including phenoxy) is 2. The number of morpholine rings is 1. The van der Waals surface area contributed by atoms with Gasteiger partial charge in [-0.2, -0.15) is 0 Å². The maximum atomic E-state index is 12.2. The van der Waals surface area contributed by atoms with Crippen LogP contribution >= 0.6 is 11.6 Å². The number of methoxy groups -OCH3 is 1. The van der Waals surface area contributed by atoms with Crippen LogP contribution in [0.3, 0.4) is 0 Å². The highest BCUT2D eigenvalue weighted by molar-refractivity contribution is 6.32. The third kappa shape index (κ3) is 3.74. The average Bonchev–Trinajstić information content (AvgIpc) is 2.63. The van der Waals surface area contributed by atoms with Crippen LogP contribution in [0, 0.1) is 0 Å². The third-order valence-electron chi connectivity index (χ3n) is 3.62. The Morgan fingerprint density at radius 3 is 2.71 bits per heavy atom. The van der Waals surface area contributed by atoms with Gasteiger partial charge >= 0.3 is 0 Å². The molecule has 1 aromatic heterocycles. The molecule has 0 aliphatic carbocycles. The molecule has 2 heterocycles. The number of amides is 1. The molecule has 0 spiro atoms. The third-order valence-corrected chi connectivity index (χ3v) is 3.91. The molecule has 24 heavy (non-hydrogen) atoms. The van der Waals surface area contributed by atoms with E-state index in [1.807, 2.05) is 0 Å². The van der Waals surface area contributed by atoms with Gasteiger partial charge in [0.2, 0.25) is 0 Å². The van der Waals surface area contributed by atoms with Crippen molar-refractivity contribution in [2.24, 2.45) is 0 Å². The van der Waals surface area contributed by atoms with Gasteiger partial charge in [0, 0.05) is 18.8 Å². The quantitative estimate of drug-likeness (QED) is 0.913. The first-order chi connectivity index (χ1) is 11.7. The summed E-state index contributed by atoms with van der Waals surface area (Å²) in [7, 11) is 1.53. The van der Waals surface area contributed by atoms with Gasteiger partial charge in [0.15, 0.2) is 0 Å². The summed E-state index contributed by atoms with van der Waals surface area (Å²) in [6.45, 7) is 2.87. The second kappa shape index (κ2) is 7.46. The topological polar surface area (TPSA) is 76.6 Å². The summed E-state index contributed by atoms with van der Waals surface area (Å²) in [6.07, 6.45) is 3.06. The van der Waals surface area contributed by atoms with Crippen LogP contribution in [0.15, 0.2) is 30.6 Å². The summed E-state index contributed by atoms with van der Waals surface area (Å²) < 4.78 is 10.4. The first-order valence-electron chi connectivity index (χ1n) is 7.47. The molecular weight excluding hydrogens is 332 g/mol. The van der Waals surface area contributed by atoms with Crippen molar-refractivity contribution in [2.45, 2.75) is 0 Å². The van der Waals surface area contributed by atoms with Crippen molar-refractivity contribution in [1.82, 2.24) is 9.97 Å². The second-order valence-corrected chi connectivity index (χ2v) is 5.57. The zero-order valence-electron chi connectivity index (χ0n) is 13.2. The Labute approximate surface area is 144 Å². The highest BCUT2D eigenvalue weighted by atomic mass is 35.5. The Balaban J connectivity index is 1.67. The minimum absolute atomic E-state index is 0.235. The summed E-state index contributed by atoms with van der Waals surface area (Å²) in [5.41, 5.74) is 0.795. The van der Waals surface area contributed by atoms with Crippen LogP contribution in [0.4, 0.5) is 11.5 Å². The SMILES string of the molecule is COc1ccc(NC(=O)c2cnc(N3CCOCC3)cn2)cc1Cl. The normalized spacial score (nSPS) is 14.3. The summed E-state index contributed by atoms with van der Waals surface area (Å²) in [5, 5.41) is 3.15. The molecule has 2 aromatic rings. The van der Waals surface area contributed by atoms with E-state index in [1.165, 1.54) is 13.3 Å². The van der Waals surface area contributed by atoms with Crippen LogP contribution in [-0.4, -0.2) is 49.3 Å². The van der Waals surface area contributed by atoms with Crippen molar-refractivity contribution >= 4 is 29.0 Å². The molecule has 1 amide bonds. The number of rotatable bonds is 4. The van der Waals surface area contributed by atoms with Gasteiger partial charge in [0.25, 0.3) is 5.91 Å². The molecule has 1 N–H and O–H groups in total. The zero-order valence-corrected chi connectivity index (χ0v) is 13.9. The van der Waals surface area contributed by atoms with Gasteiger partial charge in [-0.25, -0.2) is 9.97 Å². The predicted molar refractivity (Wildman–Crippen MR) is 91.0 cm³/mol. The van der Waals surface area contributed by atoms with Gasteiger partial charge < -0.3 is 19.7 Å². The first-order valence-corrected chi connectivity index (χ1v) is 7.85. The highest BCUT2D eigenvalue weighted by Gasteiger charge is 2.15. The standard InChI is InChI=1S/C16H17ClN4O3/c1-23-14-3-2-11(8-12(14)17)20-16(22)13-9-19-15(10-18-13)21-4-6-24-7-5-21/h2-3,8-10H,4-7H2,1H3,(H,20,22). The molecule has 1 aliphatic rings. The summed E-state index contributed by atoms with van der Waals surface area (Å²) in [5.74, 6) is 0.934. The van der Waals surface area contributed by atoms with Gasteiger partial charge in [-0.05, 0) is 18.2 Å². The number of halogens is 1. The Hall–Kier alpha value is -2.38. The molecule has 3 rings (SSSR count). The van der Waals surface area contributed by atoms with E-state index in [-0.39, 0.29) is 11.6 Å². The van der Waals surface area contributed by atoms with E-state index in [0.717, 1.165) is 18.9 Å². The summed E-state index contributed by atoms with van der Waals surface area (Å²) in [6, 6.07) is 5.01. The van der Waals surface area contributed by atoms with Crippen LogP contribution in [0.1, 0.15) is 10.5 Å². The smallest absolute Gasteiger partial charge is 0.275 e. The van der Waals surface area contributed by atoms with E-state index in [0.29, 0.717) is 29.7 Å². The predicted octanol–water partition coefficient (Wildman–Crippen LogP) is 2.23. The monoisotopic (exact) mass is 348 g/mol. The van der Waals surface area contributed by atoms with E-state index >= 15 is 0 Å². The van der Waals surface area contributed by atoms with E-state index in [1.54, 1.807) is 24.4 Å². The van der Waals surface area contributed by atoms with Gasteiger partial charge in [0.1, 0.15) is 17.3 Å². The van der Waals surface area contributed by atoms with Crippen LogP contribution in [0.2, 0.25) is 5.02 Å². The number of benzene rings is 1. The lowest BCUT2D eigenvalue weighted by atomic mass is 10.3. The number of nitrogens with one attached hydrogen (secondary N) is 1. The summed E-state index contributed by atoms with van der Waals surface area (Å²) >= 11 is 6.05. The molecular formula is C16H17ClN4O3. The molecule has 8 heteroatoms. The number of hydrogen-bond acceptors (Lipinski definition) is 6. The molecule has 126 valence electrons. The lowest BCUT2D eigenvalue weighted by Gasteiger charge is -2.27. The van der Waals surface area contributed by atoms with Crippen molar-refractivity contribution in [1.29, 1.82) is 0 Å². The van der Waals surface area contributed by atoms with E-state index in [9.17, 15) is 4.79 Å². The molecule has 1 aliphatic heterocycles. The van der Waals surface area contributed by atoms with E-state index < -0.39 is 0 Å². The maximum absolute atomic E-state index is 12.2. The molecule has 1 aromatic carbocycles. The lowest BCUT2D eigenvalue weighted by molar-refractivity contribution is 0.102. The molecule has 0 unspecified atom stereocenters. The Kier molecular flexibility index (Phi) is 5.12. The Morgan fingerprint density at radius 2 is 2.08 bits per heavy atom. The van der Waals surface area contributed by atoms with Crippen molar-refractivity contribution < 1.29 is 14.3 Å². The van der Waals surface area contributed by atoms with Gasteiger partial charge in [-0.1, -0.05) is 11.6 Å². The fraction of sp³-hybridized carbons (Fsp3) is 0.312. The average molecular weight is 349 g/mol. The molecule has 1 fully saturated rings. The van der Waals surface area contributed by atoms with Crippen LogP contribution in [0.5, 0.6) is 5.75 Å². The van der Waals surface area contributed by atoms with Crippen molar-refractivity contribution in [3.8, 4) is 5.75 Å². The van der Waals surface area contributed by atoms with E-state index in [2.05, 4.69) is 20.2 Å². The maximum Gasteiger partial charge on any atom is 0.275 e. The molecule has 1 saturated heterocycles. The minimum Gasteiger partial charge on any atom is -0.495 e. The molecule has 0 saturated carbocycles. The number of aromatic nitrogens is 2. The highest BCUT2D eigenvalue weighted by Crippen LogP contribution is 2.27. The fourth-order valence-corrected chi connectivity index (χ4v) is 2.59. The number of carbonyl (C=O) groups is 1. The van der Waals surface area contributed by atoms with Gasteiger partial charge in [-0.3, -0.25) is 4.79 Å². The number of hydrogen-bond donors (Lipinski definition) is 1. The lowest BCUT2D eigenvalue weighted by Crippen LogP contribution is -2.36. The second-order valence-electron chi connectivity index (χ2n) is 5.16. The van der Waals surface area contributed by atoms with Crippen molar-refractivity contribution in [3.63, 3.8) is 0 Å². The van der Waals surface area contributed by atoms with E-state index in [4.69, 9.17) is 21.1 Å². The fourth-order valence-electron chi connectivity index (χ4n) is 2.33. The number of carbonyl (C=O) groups excluding carboxylic acids is 1. The number of anilines is 2. The largest absolute Gasteiger partial charge is 0.495 e. The number of nitrogens with zero attached hydrogens (tertiary/aromatic N) is 3. The minimum atomic E-state index is -0.350. The first kappa shape index (κ1) is 16.5. The molecule has 0 atom stereocenters. The van der Waals surface area contributed by atoms with Gasteiger partial charge in [0.05, 0.1) is 37.7 Å². The Bertz CT molecular complexity index is 718. The van der Waals surface area contributed by atoms with Gasteiger partial charge in [-0.15, -0.1) is 0 Å². The van der Waals surface area contributed by atoms with Crippen LogP contribution < -0.4 is 15.0 Å². The van der Waals surface area contributed by atoms with Crippen LogP contribution in [-0.2, 0) is 4.74 Å². The van der Waals surface area contributed by atoms with Crippen molar-refractivity contribution in [3.05, 3.63) is 41.3 Å². The van der Waals surface area contributed by atoms with Crippen LogP contribution in [0.25, 0.3) is 0 Å². The molecule has 0 bridgehead atoms. The zero-order chi connectivity index (χ0) is 16.9. The molecule has 0 radical (unpaired) electrons. The molecule has 7 nitrogen and oxygen atoms in total.